The normalized spacial score (nSPS) is 13.0. The van der Waals surface area contributed by atoms with Crippen LogP contribution in [-0.4, -0.2) is 48.1 Å². The Morgan fingerprint density at radius 1 is 1.20 bits per heavy atom. The maximum atomic E-state index is 13.6. The summed E-state index contributed by atoms with van der Waals surface area (Å²) in [7, 11) is 1.79. The number of rotatable bonds is 10. The third-order valence-electron chi connectivity index (χ3n) is 4.99. The fourth-order valence-corrected chi connectivity index (χ4v) is 3.41. The van der Waals surface area contributed by atoms with E-state index in [1.807, 2.05) is 13.8 Å². The van der Waals surface area contributed by atoms with E-state index in [2.05, 4.69) is 20.4 Å². The van der Waals surface area contributed by atoms with E-state index in [1.54, 1.807) is 42.2 Å². The Morgan fingerprint density at radius 3 is 2.46 bits per heavy atom. The molecule has 0 amide bonds. The molecule has 0 spiro atoms. The minimum Gasteiger partial charge on any atom is -0.550 e. The van der Waals surface area contributed by atoms with Crippen molar-refractivity contribution >= 4 is 23.8 Å². The summed E-state index contributed by atoms with van der Waals surface area (Å²) in [5.41, 5.74) is 2.44. The van der Waals surface area contributed by atoms with E-state index in [-0.39, 0.29) is 47.7 Å². The van der Waals surface area contributed by atoms with Crippen LogP contribution in [0.4, 0.5) is 16.2 Å². The number of nitrogens with zero attached hydrogens (tertiary/aromatic N) is 4. The van der Waals surface area contributed by atoms with Gasteiger partial charge in [0.1, 0.15) is 5.82 Å². The summed E-state index contributed by atoms with van der Waals surface area (Å²) in [5.74, 6) is -0.949. The Morgan fingerprint density at radius 2 is 1.89 bits per heavy atom. The number of anilines is 2. The predicted molar refractivity (Wildman–Crippen MR) is 123 cm³/mol. The molecule has 0 radical (unpaired) electrons. The molecule has 0 aliphatic heterocycles. The van der Waals surface area contributed by atoms with E-state index < -0.39 is 24.6 Å². The number of hydrogen-bond acceptors (Lipinski definition) is 8. The number of aliphatic carboxylic acids is 1. The Hall–Kier alpha value is -2.63. The average Bonchev–Trinajstić information content (AvgIpc) is 3.16. The van der Waals surface area contributed by atoms with E-state index in [0.29, 0.717) is 34.3 Å². The van der Waals surface area contributed by atoms with Gasteiger partial charge in [0.2, 0.25) is 5.95 Å². The Balaban J connectivity index is 0.00000432. The maximum absolute atomic E-state index is 13.6. The minimum absolute atomic E-state index is 0. The number of carbonyl (C=O) groups is 1. The number of aryl methyl sites for hydroxylation is 1. The van der Waals surface area contributed by atoms with Gasteiger partial charge in [-0.2, -0.15) is 5.10 Å². The number of hydrogen-bond donors (Lipinski definition) is 3. The van der Waals surface area contributed by atoms with E-state index in [9.17, 15) is 24.5 Å². The van der Waals surface area contributed by atoms with E-state index in [1.165, 1.54) is 18.2 Å². The van der Waals surface area contributed by atoms with Crippen molar-refractivity contribution in [3.8, 4) is 11.3 Å². The second-order valence-electron chi connectivity index (χ2n) is 8.25. The van der Waals surface area contributed by atoms with Gasteiger partial charge in [-0.1, -0.05) is 26.0 Å². The van der Waals surface area contributed by atoms with Crippen molar-refractivity contribution in [3.63, 3.8) is 0 Å². The third kappa shape index (κ3) is 8.22. The zero-order valence-corrected chi connectivity index (χ0v) is 22.1. The van der Waals surface area contributed by atoms with Crippen molar-refractivity contribution in [2.75, 3.05) is 5.32 Å². The molecular weight excluding hydrogens is 464 g/mol. The molecule has 0 aliphatic carbocycles. The minimum atomic E-state index is -1.39. The molecule has 3 N–H and O–H groups in total. The van der Waals surface area contributed by atoms with E-state index in [0.717, 1.165) is 0 Å². The van der Waals surface area contributed by atoms with Crippen LogP contribution in [0.2, 0.25) is 0 Å². The Labute approximate surface area is 225 Å². The summed E-state index contributed by atoms with van der Waals surface area (Å²) in [6.07, 6.45) is 1.76. The summed E-state index contributed by atoms with van der Waals surface area (Å²) in [6.45, 7) is 3.91. The van der Waals surface area contributed by atoms with Crippen LogP contribution in [0, 0.1) is 5.82 Å². The second kappa shape index (κ2) is 12.9. The van der Waals surface area contributed by atoms with Crippen LogP contribution in [0.3, 0.4) is 0 Å². The van der Waals surface area contributed by atoms with Gasteiger partial charge in [-0.05, 0) is 30.2 Å². The number of nitrogens with one attached hydrogen (secondary N) is 1. The van der Waals surface area contributed by atoms with Crippen LogP contribution in [-0.2, 0) is 11.8 Å². The van der Waals surface area contributed by atoms with Gasteiger partial charge in [0.05, 0.1) is 23.6 Å². The first-order chi connectivity index (χ1) is 16.1. The Bertz CT molecular complexity index is 1170. The molecule has 3 rings (SSSR count). The molecule has 0 unspecified atom stereocenters. The first kappa shape index (κ1) is 28.6. The van der Waals surface area contributed by atoms with Crippen LogP contribution in [0.5, 0.6) is 0 Å². The number of carboxylic acid groups (broad SMARTS) is 1. The number of carbonyl (C=O) groups excluding carboxylic acids is 1. The molecule has 9 nitrogen and oxygen atoms in total. The molecule has 0 saturated carbocycles. The van der Waals surface area contributed by atoms with Crippen LogP contribution in [0.15, 0.2) is 42.6 Å². The van der Waals surface area contributed by atoms with Crippen molar-refractivity contribution in [2.45, 2.75) is 44.8 Å². The zero-order valence-electron chi connectivity index (χ0n) is 20.1. The van der Waals surface area contributed by atoms with Crippen molar-refractivity contribution < 1.29 is 54.1 Å². The molecule has 2 atom stereocenters. The molecule has 0 saturated heterocycles. The molecule has 11 heteroatoms. The molecular formula is C24H27FN5NaO4. The van der Waals surface area contributed by atoms with Gasteiger partial charge < -0.3 is 25.4 Å². The fraction of sp³-hybridized carbons (Fsp3) is 0.333. The van der Waals surface area contributed by atoms with Crippen molar-refractivity contribution in [2.24, 2.45) is 7.05 Å². The first-order valence-corrected chi connectivity index (χ1v) is 10.8. The van der Waals surface area contributed by atoms with Crippen LogP contribution < -0.4 is 40.0 Å². The van der Waals surface area contributed by atoms with Gasteiger partial charge in [0.25, 0.3) is 0 Å². The predicted octanol–water partition coefficient (Wildman–Crippen LogP) is -0.848. The van der Waals surface area contributed by atoms with Crippen LogP contribution in [0.25, 0.3) is 17.3 Å². The van der Waals surface area contributed by atoms with Crippen molar-refractivity contribution in [3.05, 3.63) is 59.7 Å². The van der Waals surface area contributed by atoms with Gasteiger partial charge in [-0.25, -0.2) is 14.4 Å². The van der Waals surface area contributed by atoms with Crippen molar-refractivity contribution in [1.29, 1.82) is 0 Å². The summed E-state index contributed by atoms with van der Waals surface area (Å²) in [4.78, 5) is 19.9. The van der Waals surface area contributed by atoms with Gasteiger partial charge >= 0.3 is 29.6 Å². The summed E-state index contributed by atoms with van der Waals surface area (Å²) < 4.78 is 15.2. The third-order valence-corrected chi connectivity index (χ3v) is 4.99. The molecule has 2 aromatic heterocycles. The second-order valence-corrected chi connectivity index (χ2v) is 8.25. The molecule has 0 fully saturated rings. The van der Waals surface area contributed by atoms with E-state index >= 15 is 0 Å². The quantitative estimate of drug-likeness (QED) is 0.312. The molecule has 3 aromatic rings. The first-order valence-electron chi connectivity index (χ1n) is 10.8. The molecule has 180 valence electrons. The number of carboxylic acids is 1. The maximum Gasteiger partial charge on any atom is 1.00 e. The topological polar surface area (TPSA) is 136 Å². The smallest absolute Gasteiger partial charge is 0.550 e. The molecule has 0 aliphatic rings. The number of benzene rings is 1. The van der Waals surface area contributed by atoms with Crippen LogP contribution in [0.1, 0.15) is 43.9 Å². The van der Waals surface area contributed by atoms with Gasteiger partial charge in [0, 0.05) is 49.2 Å². The van der Waals surface area contributed by atoms with Crippen LogP contribution >= 0.6 is 0 Å². The largest absolute Gasteiger partial charge is 1.00 e. The van der Waals surface area contributed by atoms with Gasteiger partial charge in [-0.3, -0.25) is 4.68 Å². The molecule has 35 heavy (non-hydrogen) atoms. The van der Waals surface area contributed by atoms with E-state index in [4.69, 9.17) is 0 Å². The Kier molecular flexibility index (Phi) is 10.5. The number of aromatic nitrogens is 4. The molecule has 2 heterocycles. The molecule has 1 aromatic carbocycles. The fourth-order valence-electron chi connectivity index (χ4n) is 3.41. The number of aliphatic hydroxyl groups excluding tert-OH is 2. The molecule has 0 bridgehead atoms. The number of halogens is 1. The summed E-state index contributed by atoms with van der Waals surface area (Å²) in [6, 6.07) is 7.64. The van der Waals surface area contributed by atoms with Gasteiger partial charge in [-0.15, -0.1) is 0 Å². The summed E-state index contributed by atoms with van der Waals surface area (Å²) >= 11 is 0. The van der Waals surface area contributed by atoms with Gasteiger partial charge in [0.15, 0.2) is 5.82 Å². The standard InChI is InChI=1S/C24H28FN5O4.Na/c1-14(2)22-19(9-8-17(31)12-18(32)13-21(33)34)23(15-4-6-16(25)7-5-15)28-24(27-22)26-20-10-11-30(3)29-20;/h4-11,14,17-18,31-32H,12-13H2,1-3H3,(H,33,34)(H,26,27,28,29);/q;+1/p-1/b9-8+;/t17-,18-;/m1./s1. The monoisotopic (exact) mass is 491 g/mol. The average molecular weight is 491 g/mol. The summed E-state index contributed by atoms with van der Waals surface area (Å²) in [5, 5.41) is 38.1. The SMILES string of the molecule is CC(C)c1nc(Nc2ccn(C)n2)nc(-c2ccc(F)cc2)c1/C=C/[C@@H](O)C[C@@H](O)CC(=O)[O-].[Na+]. The van der Waals surface area contributed by atoms with Crippen molar-refractivity contribution in [1.82, 2.24) is 19.7 Å². The number of aliphatic hydroxyl groups is 2. The zero-order chi connectivity index (χ0) is 24.8.